The first kappa shape index (κ1) is 31.1. The van der Waals surface area contributed by atoms with Gasteiger partial charge in [-0.1, -0.05) is 78.9 Å². The standard InChI is InChI=1S/C38H32N4O4S/c1-44-36-22-28(16-21-35(36)46-24-27-10-4-2-5-11-27)25-45-34-15-9-8-12-31(34)23-39-42-37(43)30-19-17-29(18-20-30)33-26-47-38(41-33)40-32-13-6-3-7-14-32/h2-23,26H,24-25H2,1H3,(H,40,41)(H,42,43)/b39-23+. The summed E-state index contributed by atoms with van der Waals surface area (Å²) in [5.41, 5.74) is 8.53. The molecular weight excluding hydrogens is 609 g/mol. The van der Waals surface area contributed by atoms with E-state index in [4.69, 9.17) is 14.2 Å². The highest BCUT2D eigenvalue weighted by Gasteiger charge is 2.10. The van der Waals surface area contributed by atoms with Gasteiger partial charge in [0.25, 0.3) is 5.91 Å². The molecule has 0 saturated carbocycles. The molecule has 9 heteroatoms. The van der Waals surface area contributed by atoms with E-state index < -0.39 is 0 Å². The molecule has 0 saturated heterocycles. The number of anilines is 2. The van der Waals surface area contributed by atoms with Crippen LogP contribution in [0.2, 0.25) is 0 Å². The van der Waals surface area contributed by atoms with Gasteiger partial charge in [0.05, 0.1) is 19.0 Å². The maximum Gasteiger partial charge on any atom is 0.271 e. The second kappa shape index (κ2) is 15.4. The number of hydrazone groups is 1. The summed E-state index contributed by atoms with van der Waals surface area (Å²) < 4.78 is 17.6. The van der Waals surface area contributed by atoms with E-state index in [1.54, 1.807) is 25.5 Å². The number of ether oxygens (including phenoxy) is 3. The van der Waals surface area contributed by atoms with E-state index in [1.807, 2.05) is 121 Å². The number of para-hydroxylation sites is 2. The molecule has 1 heterocycles. The molecule has 2 N–H and O–H groups in total. The van der Waals surface area contributed by atoms with Crippen LogP contribution in [0.25, 0.3) is 11.3 Å². The Morgan fingerprint density at radius 3 is 2.26 bits per heavy atom. The van der Waals surface area contributed by atoms with Gasteiger partial charge in [0.15, 0.2) is 16.6 Å². The van der Waals surface area contributed by atoms with Crippen molar-refractivity contribution in [1.82, 2.24) is 10.4 Å². The highest BCUT2D eigenvalue weighted by Crippen LogP contribution is 2.30. The molecule has 0 aliphatic rings. The number of rotatable bonds is 13. The van der Waals surface area contributed by atoms with Crippen molar-refractivity contribution in [2.75, 3.05) is 12.4 Å². The molecule has 0 bridgehead atoms. The molecule has 1 amide bonds. The van der Waals surface area contributed by atoms with Crippen LogP contribution in [0.15, 0.2) is 138 Å². The maximum absolute atomic E-state index is 12.8. The topological polar surface area (TPSA) is 94.1 Å². The molecule has 0 aliphatic heterocycles. The third-order valence-corrected chi connectivity index (χ3v) is 7.88. The average molecular weight is 641 g/mol. The SMILES string of the molecule is COc1cc(COc2ccccc2/C=N/NC(=O)c2ccc(-c3csc(Nc4ccccc4)n3)cc2)ccc1OCc1ccccc1. The van der Waals surface area contributed by atoms with Crippen LogP contribution in [-0.4, -0.2) is 24.2 Å². The molecule has 6 aromatic rings. The van der Waals surface area contributed by atoms with Gasteiger partial charge in [0.1, 0.15) is 19.0 Å². The Labute approximate surface area is 277 Å². The first-order chi connectivity index (χ1) is 23.1. The Hall–Kier alpha value is -5.93. The van der Waals surface area contributed by atoms with Crippen molar-refractivity contribution in [3.05, 3.63) is 155 Å². The van der Waals surface area contributed by atoms with Crippen LogP contribution in [0.1, 0.15) is 27.0 Å². The summed E-state index contributed by atoms with van der Waals surface area (Å²) in [6.45, 7) is 0.754. The summed E-state index contributed by atoms with van der Waals surface area (Å²) in [7, 11) is 1.62. The Morgan fingerprint density at radius 1 is 0.766 bits per heavy atom. The number of amides is 1. The van der Waals surface area contributed by atoms with Gasteiger partial charge in [0, 0.05) is 27.8 Å². The Morgan fingerprint density at radius 2 is 1.47 bits per heavy atom. The molecule has 0 radical (unpaired) electrons. The van der Waals surface area contributed by atoms with E-state index in [2.05, 4.69) is 20.8 Å². The summed E-state index contributed by atoms with van der Waals surface area (Å²) in [5, 5.41) is 10.3. The Balaban J connectivity index is 1.03. The fourth-order valence-corrected chi connectivity index (χ4v) is 5.40. The lowest BCUT2D eigenvalue weighted by Gasteiger charge is -2.13. The van der Waals surface area contributed by atoms with Crippen LogP contribution < -0.4 is 25.0 Å². The molecule has 0 spiro atoms. The first-order valence-electron chi connectivity index (χ1n) is 14.9. The molecule has 6 rings (SSSR count). The molecule has 0 aliphatic carbocycles. The average Bonchev–Trinajstić information content (AvgIpc) is 3.59. The summed E-state index contributed by atoms with van der Waals surface area (Å²) in [6, 6.07) is 40.4. The number of methoxy groups -OCH3 is 1. The van der Waals surface area contributed by atoms with E-state index in [-0.39, 0.29) is 5.91 Å². The van der Waals surface area contributed by atoms with Crippen molar-refractivity contribution >= 4 is 34.3 Å². The van der Waals surface area contributed by atoms with Crippen molar-refractivity contribution in [1.29, 1.82) is 0 Å². The largest absolute Gasteiger partial charge is 0.493 e. The zero-order valence-corrected chi connectivity index (χ0v) is 26.4. The van der Waals surface area contributed by atoms with Gasteiger partial charge in [-0.2, -0.15) is 5.10 Å². The van der Waals surface area contributed by atoms with Crippen molar-refractivity contribution in [3.8, 4) is 28.5 Å². The number of hydrogen-bond acceptors (Lipinski definition) is 8. The van der Waals surface area contributed by atoms with Gasteiger partial charge >= 0.3 is 0 Å². The van der Waals surface area contributed by atoms with Crippen molar-refractivity contribution in [2.24, 2.45) is 5.10 Å². The molecule has 1 aromatic heterocycles. The van der Waals surface area contributed by atoms with E-state index in [0.717, 1.165) is 38.8 Å². The lowest BCUT2D eigenvalue weighted by molar-refractivity contribution is 0.0955. The molecule has 47 heavy (non-hydrogen) atoms. The Bertz CT molecular complexity index is 1940. The number of carbonyl (C=O) groups excluding carboxylic acids is 1. The Kier molecular flexibility index (Phi) is 10.2. The maximum atomic E-state index is 12.8. The molecule has 0 unspecified atom stereocenters. The van der Waals surface area contributed by atoms with E-state index in [9.17, 15) is 4.79 Å². The van der Waals surface area contributed by atoms with Crippen LogP contribution in [0.4, 0.5) is 10.8 Å². The molecule has 234 valence electrons. The predicted octanol–water partition coefficient (Wildman–Crippen LogP) is 8.48. The second-order valence-electron chi connectivity index (χ2n) is 10.4. The van der Waals surface area contributed by atoms with Gasteiger partial charge in [-0.3, -0.25) is 4.79 Å². The summed E-state index contributed by atoms with van der Waals surface area (Å²) in [4.78, 5) is 17.5. The van der Waals surface area contributed by atoms with E-state index in [1.165, 1.54) is 11.3 Å². The minimum absolute atomic E-state index is 0.307. The lowest BCUT2D eigenvalue weighted by atomic mass is 10.1. The van der Waals surface area contributed by atoms with Crippen LogP contribution in [0.5, 0.6) is 17.2 Å². The zero-order chi connectivity index (χ0) is 32.3. The van der Waals surface area contributed by atoms with Gasteiger partial charge in [0.2, 0.25) is 0 Å². The quantitative estimate of drug-likeness (QED) is 0.0972. The number of nitrogens with zero attached hydrogens (tertiary/aromatic N) is 2. The first-order valence-corrected chi connectivity index (χ1v) is 15.8. The monoisotopic (exact) mass is 640 g/mol. The number of hydrogen-bond donors (Lipinski definition) is 2. The fourth-order valence-electron chi connectivity index (χ4n) is 4.66. The van der Waals surface area contributed by atoms with Crippen molar-refractivity contribution < 1.29 is 19.0 Å². The smallest absolute Gasteiger partial charge is 0.271 e. The number of nitrogens with one attached hydrogen (secondary N) is 2. The van der Waals surface area contributed by atoms with Gasteiger partial charge in [-0.05, 0) is 59.7 Å². The lowest BCUT2D eigenvalue weighted by Crippen LogP contribution is -2.17. The molecule has 5 aromatic carbocycles. The van der Waals surface area contributed by atoms with E-state index in [0.29, 0.717) is 36.0 Å². The third kappa shape index (κ3) is 8.42. The molecule has 0 fully saturated rings. The van der Waals surface area contributed by atoms with Crippen LogP contribution >= 0.6 is 11.3 Å². The number of thiazole rings is 1. The zero-order valence-electron chi connectivity index (χ0n) is 25.6. The highest BCUT2D eigenvalue weighted by atomic mass is 32.1. The van der Waals surface area contributed by atoms with Gasteiger partial charge < -0.3 is 19.5 Å². The summed E-state index contributed by atoms with van der Waals surface area (Å²) >= 11 is 1.52. The minimum atomic E-state index is -0.322. The second-order valence-corrected chi connectivity index (χ2v) is 11.2. The minimum Gasteiger partial charge on any atom is -0.493 e. The molecule has 0 atom stereocenters. The van der Waals surface area contributed by atoms with Crippen LogP contribution in [0, 0.1) is 0 Å². The number of aromatic nitrogens is 1. The summed E-state index contributed by atoms with van der Waals surface area (Å²) in [5.74, 6) is 1.59. The molecule has 8 nitrogen and oxygen atoms in total. The van der Waals surface area contributed by atoms with Crippen molar-refractivity contribution in [3.63, 3.8) is 0 Å². The van der Waals surface area contributed by atoms with E-state index >= 15 is 0 Å². The van der Waals surface area contributed by atoms with Crippen molar-refractivity contribution in [2.45, 2.75) is 13.2 Å². The number of carbonyl (C=O) groups is 1. The van der Waals surface area contributed by atoms with Crippen LogP contribution in [-0.2, 0) is 13.2 Å². The fraction of sp³-hybridized carbons (Fsp3) is 0.0789. The summed E-state index contributed by atoms with van der Waals surface area (Å²) in [6.07, 6.45) is 1.57. The van der Waals surface area contributed by atoms with Gasteiger partial charge in [-0.15, -0.1) is 11.3 Å². The normalized spacial score (nSPS) is 10.8. The van der Waals surface area contributed by atoms with Crippen LogP contribution in [0.3, 0.4) is 0 Å². The third-order valence-electron chi connectivity index (χ3n) is 7.12. The predicted molar refractivity (Wildman–Crippen MR) is 187 cm³/mol. The van der Waals surface area contributed by atoms with Gasteiger partial charge in [-0.25, -0.2) is 10.4 Å². The molecular formula is C38H32N4O4S. The number of benzene rings is 5. The highest BCUT2D eigenvalue weighted by molar-refractivity contribution is 7.14.